The maximum atomic E-state index is 11.8. The molecule has 0 saturated heterocycles. The van der Waals surface area contributed by atoms with E-state index in [0.29, 0.717) is 0 Å². The van der Waals surface area contributed by atoms with Crippen LogP contribution in [0.4, 0.5) is 0 Å². The minimum atomic E-state index is -0.619. The lowest BCUT2D eigenvalue weighted by Crippen LogP contribution is -2.17. The van der Waals surface area contributed by atoms with Gasteiger partial charge in [0.2, 0.25) is 0 Å². The van der Waals surface area contributed by atoms with E-state index in [4.69, 9.17) is 5.26 Å². The Morgan fingerprint density at radius 1 is 1.33 bits per heavy atom. The second kappa shape index (κ2) is 4.75. The highest BCUT2D eigenvalue weighted by Crippen LogP contribution is 2.22. The Morgan fingerprint density at radius 2 is 1.93 bits per heavy atom. The summed E-state index contributed by atoms with van der Waals surface area (Å²) < 4.78 is 0. The summed E-state index contributed by atoms with van der Waals surface area (Å²) in [6.07, 6.45) is 0. The molecule has 78 valence electrons. The number of carbonyl (C=O) groups is 1. The van der Waals surface area contributed by atoms with E-state index in [2.05, 4.69) is 6.07 Å². The minimum absolute atomic E-state index is 0.00759. The molecular weight excluding hydrogens is 186 g/mol. The van der Waals surface area contributed by atoms with Gasteiger partial charge in [-0.25, -0.2) is 0 Å². The summed E-state index contributed by atoms with van der Waals surface area (Å²) in [4.78, 5) is 11.8. The van der Waals surface area contributed by atoms with Crippen molar-refractivity contribution in [3.05, 3.63) is 35.4 Å². The molecule has 0 bridgehead atoms. The Bertz CT molecular complexity index is 401. The summed E-state index contributed by atoms with van der Waals surface area (Å²) in [5.74, 6) is -0.729. The second-order valence-electron chi connectivity index (χ2n) is 3.98. The zero-order valence-corrected chi connectivity index (χ0v) is 9.32. The molecule has 0 spiro atoms. The minimum Gasteiger partial charge on any atom is -0.298 e. The molecule has 0 radical (unpaired) electrons. The van der Waals surface area contributed by atoms with Gasteiger partial charge in [0.25, 0.3) is 0 Å². The molecule has 0 aliphatic carbocycles. The summed E-state index contributed by atoms with van der Waals surface area (Å²) in [5, 5.41) is 9.05. The first-order valence-corrected chi connectivity index (χ1v) is 5.06. The number of benzene rings is 1. The van der Waals surface area contributed by atoms with Crippen LogP contribution in [0.25, 0.3) is 0 Å². The largest absolute Gasteiger partial charge is 0.298 e. The molecule has 0 aromatic heterocycles. The summed E-state index contributed by atoms with van der Waals surface area (Å²) in [6.45, 7) is 5.57. The van der Waals surface area contributed by atoms with Gasteiger partial charge in [0, 0.05) is 5.92 Å². The molecule has 1 atom stereocenters. The maximum Gasteiger partial charge on any atom is 0.156 e. The number of Topliss-reactive ketones (excluding diaryl/α,β-unsaturated/α-hetero) is 1. The highest BCUT2D eigenvalue weighted by Gasteiger charge is 2.23. The number of ketones is 1. The van der Waals surface area contributed by atoms with Gasteiger partial charge in [0.1, 0.15) is 5.92 Å². The van der Waals surface area contributed by atoms with Crippen molar-refractivity contribution in [2.45, 2.75) is 26.7 Å². The van der Waals surface area contributed by atoms with Gasteiger partial charge in [-0.15, -0.1) is 0 Å². The number of nitriles is 1. The molecule has 0 amide bonds. The van der Waals surface area contributed by atoms with E-state index in [1.54, 1.807) is 0 Å². The van der Waals surface area contributed by atoms with Crippen LogP contribution in [-0.2, 0) is 4.79 Å². The average molecular weight is 201 g/mol. The highest BCUT2D eigenvalue weighted by molar-refractivity contribution is 5.90. The van der Waals surface area contributed by atoms with Crippen molar-refractivity contribution in [2.75, 3.05) is 0 Å². The average Bonchev–Trinajstić information content (AvgIpc) is 2.21. The van der Waals surface area contributed by atoms with Crippen LogP contribution < -0.4 is 0 Å². The van der Waals surface area contributed by atoms with Gasteiger partial charge in [-0.3, -0.25) is 4.79 Å². The molecule has 1 aromatic rings. The summed E-state index contributed by atoms with van der Waals surface area (Å²) in [5.41, 5.74) is 1.83. The predicted octanol–water partition coefficient (Wildman–Crippen LogP) is 2.83. The standard InChI is InChI=1S/C13H15NO/c1-9(2)13(15)12(8-14)11-7-5-4-6-10(11)3/h4-7,9,12H,1-3H3. The van der Waals surface area contributed by atoms with Crippen LogP contribution in [0.15, 0.2) is 24.3 Å². The third-order valence-electron chi connectivity index (χ3n) is 2.48. The molecule has 1 rings (SSSR count). The third kappa shape index (κ3) is 2.44. The fourth-order valence-corrected chi connectivity index (χ4v) is 1.53. The summed E-state index contributed by atoms with van der Waals surface area (Å²) >= 11 is 0. The lowest BCUT2D eigenvalue weighted by molar-refractivity contribution is -0.122. The molecule has 2 heteroatoms. The smallest absolute Gasteiger partial charge is 0.156 e. The van der Waals surface area contributed by atoms with Crippen LogP contribution in [-0.4, -0.2) is 5.78 Å². The Labute approximate surface area is 90.5 Å². The van der Waals surface area contributed by atoms with E-state index in [-0.39, 0.29) is 11.7 Å². The van der Waals surface area contributed by atoms with E-state index >= 15 is 0 Å². The first-order valence-electron chi connectivity index (χ1n) is 5.06. The molecule has 0 saturated carbocycles. The normalized spacial score (nSPS) is 12.2. The monoisotopic (exact) mass is 201 g/mol. The van der Waals surface area contributed by atoms with Crippen LogP contribution >= 0.6 is 0 Å². The van der Waals surface area contributed by atoms with Crippen molar-refractivity contribution in [3.8, 4) is 6.07 Å². The van der Waals surface area contributed by atoms with Gasteiger partial charge in [-0.05, 0) is 18.1 Å². The van der Waals surface area contributed by atoms with E-state index in [9.17, 15) is 4.79 Å². The molecule has 0 aliphatic rings. The zero-order valence-electron chi connectivity index (χ0n) is 9.32. The van der Waals surface area contributed by atoms with Crippen LogP contribution in [0.5, 0.6) is 0 Å². The molecule has 2 nitrogen and oxygen atoms in total. The molecular formula is C13H15NO. The van der Waals surface area contributed by atoms with Gasteiger partial charge >= 0.3 is 0 Å². The molecule has 15 heavy (non-hydrogen) atoms. The molecule has 0 N–H and O–H groups in total. The van der Waals surface area contributed by atoms with Crippen molar-refractivity contribution in [1.82, 2.24) is 0 Å². The Hall–Kier alpha value is -1.62. The van der Waals surface area contributed by atoms with Crippen LogP contribution in [0.2, 0.25) is 0 Å². The summed E-state index contributed by atoms with van der Waals surface area (Å²) in [7, 11) is 0. The predicted molar refractivity (Wildman–Crippen MR) is 59.4 cm³/mol. The SMILES string of the molecule is Cc1ccccc1C(C#N)C(=O)C(C)C. The molecule has 0 aliphatic heterocycles. The highest BCUT2D eigenvalue weighted by atomic mass is 16.1. The second-order valence-corrected chi connectivity index (χ2v) is 3.98. The number of hydrogen-bond acceptors (Lipinski definition) is 2. The first-order chi connectivity index (χ1) is 7.07. The Kier molecular flexibility index (Phi) is 3.62. The van der Waals surface area contributed by atoms with Gasteiger partial charge in [0.15, 0.2) is 5.78 Å². The molecule has 0 heterocycles. The van der Waals surface area contributed by atoms with E-state index in [0.717, 1.165) is 11.1 Å². The van der Waals surface area contributed by atoms with Crippen LogP contribution in [0.1, 0.15) is 30.9 Å². The quantitative estimate of drug-likeness (QED) is 0.754. The van der Waals surface area contributed by atoms with E-state index < -0.39 is 5.92 Å². The van der Waals surface area contributed by atoms with Crippen molar-refractivity contribution >= 4 is 5.78 Å². The Balaban J connectivity index is 3.10. The topological polar surface area (TPSA) is 40.9 Å². The third-order valence-corrected chi connectivity index (χ3v) is 2.48. The van der Waals surface area contributed by atoms with Gasteiger partial charge in [-0.2, -0.15) is 5.26 Å². The number of aryl methyl sites for hydroxylation is 1. The van der Waals surface area contributed by atoms with Crippen molar-refractivity contribution in [3.63, 3.8) is 0 Å². The van der Waals surface area contributed by atoms with Gasteiger partial charge in [-0.1, -0.05) is 38.1 Å². The fourth-order valence-electron chi connectivity index (χ4n) is 1.53. The summed E-state index contributed by atoms with van der Waals surface area (Å²) in [6, 6.07) is 9.64. The van der Waals surface area contributed by atoms with E-state index in [1.807, 2.05) is 45.0 Å². The molecule has 1 aromatic carbocycles. The lowest BCUT2D eigenvalue weighted by atomic mass is 9.88. The Morgan fingerprint density at radius 3 is 2.40 bits per heavy atom. The van der Waals surface area contributed by atoms with Crippen molar-refractivity contribution in [2.24, 2.45) is 5.92 Å². The maximum absolute atomic E-state index is 11.8. The van der Waals surface area contributed by atoms with Gasteiger partial charge in [0.05, 0.1) is 6.07 Å². The number of rotatable bonds is 3. The number of carbonyl (C=O) groups excluding carboxylic acids is 1. The van der Waals surface area contributed by atoms with Crippen LogP contribution in [0.3, 0.4) is 0 Å². The number of nitrogens with zero attached hydrogens (tertiary/aromatic N) is 1. The first kappa shape index (κ1) is 11.5. The van der Waals surface area contributed by atoms with Crippen molar-refractivity contribution < 1.29 is 4.79 Å². The number of hydrogen-bond donors (Lipinski definition) is 0. The zero-order chi connectivity index (χ0) is 11.4. The van der Waals surface area contributed by atoms with E-state index in [1.165, 1.54) is 0 Å². The van der Waals surface area contributed by atoms with Crippen LogP contribution in [0, 0.1) is 24.2 Å². The van der Waals surface area contributed by atoms with Gasteiger partial charge < -0.3 is 0 Å². The lowest BCUT2D eigenvalue weighted by Gasteiger charge is -2.13. The fraction of sp³-hybridized carbons (Fsp3) is 0.385. The van der Waals surface area contributed by atoms with Crippen molar-refractivity contribution in [1.29, 1.82) is 5.26 Å². The molecule has 0 fully saturated rings. The molecule has 1 unspecified atom stereocenters.